The van der Waals surface area contributed by atoms with Crippen LogP contribution in [0.1, 0.15) is 57.6 Å². The summed E-state index contributed by atoms with van der Waals surface area (Å²) in [5.41, 5.74) is 2.80. The van der Waals surface area contributed by atoms with Crippen LogP contribution >= 0.6 is 11.3 Å². The van der Waals surface area contributed by atoms with Crippen LogP contribution in [0.2, 0.25) is 0 Å². The lowest BCUT2D eigenvalue weighted by molar-refractivity contribution is -0.118. The number of Topliss-reactive ketones (excluding diaryl/α,β-unsaturated/α-hetero) is 1. The molecule has 2 aliphatic rings. The number of carbonyl (C=O) groups excluding carboxylic acids is 2. The number of ether oxygens (including phenoxy) is 2. The van der Waals surface area contributed by atoms with Crippen molar-refractivity contribution >= 4 is 33.4 Å². The molecule has 3 aromatic heterocycles. The third-order valence-corrected chi connectivity index (χ3v) is 8.84. The Hall–Kier alpha value is -3.89. The number of fused-ring (bicyclic) bond motifs is 1. The van der Waals surface area contributed by atoms with E-state index in [1.165, 1.54) is 17.4 Å². The van der Waals surface area contributed by atoms with E-state index < -0.39 is 11.4 Å². The molecule has 4 heterocycles. The number of alkyl carbamates (subject to hydrolysis) is 1. The van der Waals surface area contributed by atoms with Gasteiger partial charge in [0.05, 0.1) is 20.8 Å². The average Bonchev–Trinajstić information content (AvgIpc) is 3.47. The molecule has 1 aromatic carbocycles. The van der Waals surface area contributed by atoms with E-state index in [1.54, 1.807) is 24.4 Å². The van der Waals surface area contributed by atoms with E-state index in [9.17, 15) is 14.0 Å². The van der Waals surface area contributed by atoms with Crippen LogP contribution in [-0.2, 0) is 22.5 Å². The van der Waals surface area contributed by atoms with Crippen LogP contribution in [0.5, 0.6) is 11.5 Å². The van der Waals surface area contributed by atoms with Crippen molar-refractivity contribution in [3.05, 3.63) is 71.8 Å². The van der Waals surface area contributed by atoms with Crippen molar-refractivity contribution in [1.29, 1.82) is 0 Å². The zero-order valence-corrected chi connectivity index (χ0v) is 26.1. The zero-order valence-electron chi connectivity index (χ0n) is 25.3. The normalized spacial score (nSPS) is 17.1. The molecule has 1 saturated heterocycles. The molecule has 8 nitrogen and oxygen atoms in total. The molecular weight excluding hydrogens is 579 g/mol. The molecule has 1 aliphatic carbocycles. The molecule has 0 bridgehead atoms. The number of hydrogen-bond donors (Lipinski definition) is 1. The first-order valence-electron chi connectivity index (χ1n) is 15.1. The van der Waals surface area contributed by atoms with Crippen LogP contribution in [0.3, 0.4) is 0 Å². The SMILES string of the molecule is CC(C)(C)OC(=O)N[C@H]1CCN(Cc2ccc(-c3cc4nccc(Oc5ccc(CC(=O)CC6CC6)cc5F)c4s3)nc2)C1. The number of likely N-dealkylation sites (tertiary alicyclic amines) is 1. The lowest BCUT2D eigenvalue weighted by Crippen LogP contribution is -2.40. The number of halogens is 1. The number of thiophene rings is 1. The van der Waals surface area contributed by atoms with Gasteiger partial charge in [-0.3, -0.25) is 19.7 Å². The summed E-state index contributed by atoms with van der Waals surface area (Å²) in [7, 11) is 0. The van der Waals surface area contributed by atoms with Gasteiger partial charge in [-0.1, -0.05) is 12.1 Å². The lowest BCUT2D eigenvalue weighted by atomic mass is 10.0. The number of amides is 1. The molecule has 1 amide bonds. The second-order valence-electron chi connectivity index (χ2n) is 12.8. The molecule has 2 fully saturated rings. The van der Waals surface area contributed by atoms with E-state index in [2.05, 4.69) is 21.3 Å². The molecule has 230 valence electrons. The average molecular weight is 617 g/mol. The smallest absolute Gasteiger partial charge is 0.407 e. The fraction of sp³-hybridized carbons (Fsp3) is 0.412. The number of hydrogen-bond acceptors (Lipinski definition) is 8. The monoisotopic (exact) mass is 616 g/mol. The highest BCUT2D eigenvalue weighted by Crippen LogP contribution is 2.39. The van der Waals surface area contributed by atoms with E-state index in [0.717, 1.165) is 65.2 Å². The number of pyridine rings is 2. The summed E-state index contributed by atoms with van der Waals surface area (Å²) in [5, 5.41) is 2.97. The maximum Gasteiger partial charge on any atom is 0.407 e. The second-order valence-corrected chi connectivity index (χ2v) is 13.8. The number of rotatable bonds is 10. The standard InChI is InChI=1S/C34H37FN4O4S/c1-34(2,3)43-33(41)38-24-11-13-39(20-24)19-23-6-8-27(37-18-23)31-17-28-32(44-31)30(10-12-36-28)42-29-9-7-22(16-26(29)35)15-25(40)14-21-4-5-21/h6-10,12,16-18,21,24H,4-5,11,13-15,19-20H2,1-3H3,(H,38,41)/t24-/m0/s1. The molecule has 4 aromatic rings. The van der Waals surface area contributed by atoms with Crippen molar-refractivity contribution in [1.82, 2.24) is 20.2 Å². The maximum absolute atomic E-state index is 15.0. The molecule has 1 saturated carbocycles. The summed E-state index contributed by atoms with van der Waals surface area (Å²) in [6, 6.07) is 12.6. The number of nitrogens with zero attached hydrogens (tertiary/aromatic N) is 3. The molecule has 44 heavy (non-hydrogen) atoms. The van der Waals surface area contributed by atoms with Crippen molar-refractivity contribution < 1.29 is 23.5 Å². The second kappa shape index (κ2) is 12.6. The van der Waals surface area contributed by atoms with Gasteiger partial charge in [-0.15, -0.1) is 11.3 Å². The molecule has 0 unspecified atom stereocenters. The first kappa shape index (κ1) is 30.1. The van der Waals surface area contributed by atoms with Gasteiger partial charge in [-0.05, 0) is 81.3 Å². The third-order valence-electron chi connectivity index (χ3n) is 7.68. The minimum atomic E-state index is -0.517. The molecule has 1 atom stereocenters. The van der Waals surface area contributed by atoms with Crippen LogP contribution in [0.25, 0.3) is 20.8 Å². The van der Waals surface area contributed by atoms with Gasteiger partial charge in [0.1, 0.15) is 17.1 Å². The van der Waals surface area contributed by atoms with E-state index >= 15 is 0 Å². The number of benzene rings is 1. The predicted octanol–water partition coefficient (Wildman–Crippen LogP) is 7.30. The van der Waals surface area contributed by atoms with Gasteiger partial charge < -0.3 is 14.8 Å². The van der Waals surface area contributed by atoms with Crippen LogP contribution < -0.4 is 10.1 Å². The zero-order chi connectivity index (χ0) is 30.8. The van der Waals surface area contributed by atoms with Gasteiger partial charge in [0.25, 0.3) is 0 Å². The van der Waals surface area contributed by atoms with Crippen molar-refractivity contribution in [2.75, 3.05) is 13.1 Å². The molecular formula is C34H37FN4O4S. The van der Waals surface area contributed by atoms with Crippen LogP contribution in [0.4, 0.5) is 9.18 Å². The predicted molar refractivity (Wildman–Crippen MR) is 168 cm³/mol. The Bertz CT molecular complexity index is 1660. The number of aromatic nitrogens is 2. The highest BCUT2D eigenvalue weighted by Gasteiger charge is 2.27. The Morgan fingerprint density at radius 2 is 1.86 bits per heavy atom. The van der Waals surface area contributed by atoms with Gasteiger partial charge in [-0.25, -0.2) is 9.18 Å². The van der Waals surface area contributed by atoms with Gasteiger partial charge in [0.15, 0.2) is 11.6 Å². The lowest BCUT2D eigenvalue weighted by Gasteiger charge is -2.22. The molecule has 0 spiro atoms. The van der Waals surface area contributed by atoms with E-state index in [-0.39, 0.29) is 30.1 Å². The van der Waals surface area contributed by atoms with Crippen LogP contribution in [0.15, 0.2) is 54.9 Å². The maximum atomic E-state index is 15.0. The highest BCUT2D eigenvalue weighted by atomic mass is 32.1. The summed E-state index contributed by atoms with van der Waals surface area (Å²) in [6.45, 7) is 7.95. The Morgan fingerprint density at radius 1 is 1.05 bits per heavy atom. The molecule has 1 aliphatic heterocycles. The largest absolute Gasteiger partial charge is 0.453 e. The van der Waals surface area contributed by atoms with Crippen LogP contribution in [0, 0.1) is 11.7 Å². The van der Waals surface area contributed by atoms with Crippen LogP contribution in [-0.4, -0.2) is 51.5 Å². The Morgan fingerprint density at radius 3 is 2.59 bits per heavy atom. The van der Waals surface area contributed by atoms with Gasteiger partial charge in [0.2, 0.25) is 0 Å². The Kier molecular flexibility index (Phi) is 8.64. The minimum Gasteiger partial charge on any atom is -0.453 e. The first-order chi connectivity index (χ1) is 21.1. The van der Waals surface area contributed by atoms with Crippen molar-refractivity contribution in [2.45, 2.75) is 71.1 Å². The highest BCUT2D eigenvalue weighted by molar-refractivity contribution is 7.22. The van der Waals surface area contributed by atoms with Crippen molar-refractivity contribution in [3.8, 4) is 22.1 Å². The van der Waals surface area contributed by atoms with E-state index in [1.807, 2.05) is 39.1 Å². The summed E-state index contributed by atoms with van der Waals surface area (Å²) in [6.07, 6.45) is 7.10. The van der Waals surface area contributed by atoms with Gasteiger partial charge >= 0.3 is 6.09 Å². The van der Waals surface area contributed by atoms with Crippen molar-refractivity contribution in [3.63, 3.8) is 0 Å². The van der Waals surface area contributed by atoms with Crippen molar-refractivity contribution in [2.24, 2.45) is 5.92 Å². The summed E-state index contributed by atoms with van der Waals surface area (Å²) in [4.78, 5) is 36.8. The Labute approximate surface area is 260 Å². The topological polar surface area (TPSA) is 93.6 Å². The van der Waals surface area contributed by atoms with E-state index in [0.29, 0.717) is 23.7 Å². The fourth-order valence-corrected chi connectivity index (χ4v) is 6.45. The van der Waals surface area contributed by atoms with Gasteiger partial charge in [0, 0.05) is 57.0 Å². The van der Waals surface area contributed by atoms with E-state index in [4.69, 9.17) is 14.5 Å². The molecule has 10 heteroatoms. The summed E-state index contributed by atoms with van der Waals surface area (Å²) in [5.74, 6) is 0.806. The summed E-state index contributed by atoms with van der Waals surface area (Å²) >= 11 is 1.49. The minimum absolute atomic E-state index is 0.0621. The first-order valence-corrected chi connectivity index (χ1v) is 15.9. The fourth-order valence-electron chi connectivity index (χ4n) is 5.41. The molecule has 6 rings (SSSR count). The third kappa shape index (κ3) is 7.78. The van der Waals surface area contributed by atoms with Gasteiger partial charge in [-0.2, -0.15) is 0 Å². The summed E-state index contributed by atoms with van der Waals surface area (Å²) < 4.78 is 27.2. The molecule has 0 radical (unpaired) electrons. The number of ketones is 1. The molecule has 1 N–H and O–H groups in total. The number of nitrogens with one attached hydrogen (secondary N) is 1. The number of carbonyl (C=O) groups is 2. The quantitative estimate of drug-likeness (QED) is 0.200. The Balaban J connectivity index is 1.08.